The summed E-state index contributed by atoms with van der Waals surface area (Å²) in [6, 6.07) is 24.8. The van der Waals surface area contributed by atoms with Gasteiger partial charge < -0.3 is 20.5 Å². The number of imidazole rings is 1. The summed E-state index contributed by atoms with van der Waals surface area (Å²) in [5.41, 5.74) is 11.5. The first-order valence-corrected chi connectivity index (χ1v) is 16.0. The number of fused-ring (bicyclic) bond motifs is 6. The average Bonchev–Trinajstić information content (AvgIpc) is 3.51. The Morgan fingerprint density at radius 1 is 0.800 bits per heavy atom. The first-order chi connectivity index (χ1) is 21.9. The fourth-order valence-electron chi connectivity index (χ4n) is 8.25. The molecule has 0 radical (unpaired) electrons. The second-order valence-corrected chi connectivity index (χ2v) is 13.4. The van der Waals surface area contributed by atoms with Gasteiger partial charge in [-0.05, 0) is 119 Å². The van der Waals surface area contributed by atoms with Gasteiger partial charge in [0, 0.05) is 57.5 Å². The monoisotopic (exact) mass is 592 g/mol. The molecule has 1 saturated carbocycles. The minimum Gasteiger partial charge on any atom is -0.355 e. The number of hydrogen-bond donors (Lipinski definition) is 3. The fraction of sp³-hybridized carbons (Fsp3) is 0.297. The fourth-order valence-corrected chi connectivity index (χ4v) is 8.25. The highest BCUT2D eigenvalue weighted by Crippen LogP contribution is 2.66. The summed E-state index contributed by atoms with van der Waals surface area (Å²) in [7, 11) is 2.34. The predicted octanol–water partition coefficient (Wildman–Crippen LogP) is 7.80. The normalized spacial score (nSPS) is 23.8. The van der Waals surface area contributed by atoms with E-state index in [9.17, 15) is 0 Å². The summed E-state index contributed by atoms with van der Waals surface area (Å²) in [5, 5.41) is 8.29. The molecule has 4 atom stereocenters. The second-order valence-electron chi connectivity index (χ2n) is 13.4. The third-order valence-corrected chi connectivity index (χ3v) is 10.6. The molecule has 6 aromatic rings. The molecular weight excluding hydrogens is 556 g/mol. The molecule has 6 heterocycles. The van der Waals surface area contributed by atoms with E-state index >= 15 is 0 Å². The summed E-state index contributed by atoms with van der Waals surface area (Å²) in [6.07, 6.45) is 9.01. The van der Waals surface area contributed by atoms with Crippen LogP contribution < -0.4 is 10.6 Å². The van der Waals surface area contributed by atoms with Crippen LogP contribution in [-0.4, -0.2) is 49.0 Å². The van der Waals surface area contributed by atoms with Crippen LogP contribution in [0.2, 0.25) is 0 Å². The molecule has 224 valence electrons. The Balaban J connectivity index is 0.975. The van der Waals surface area contributed by atoms with Crippen LogP contribution >= 0.6 is 0 Å². The second kappa shape index (κ2) is 9.84. The highest BCUT2D eigenvalue weighted by molar-refractivity contribution is 5.94. The quantitative estimate of drug-likeness (QED) is 0.182. The van der Waals surface area contributed by atoms with Crippen LogP contribution in [0.25, 0.3) is 33.5 Å². The molecule has 8 heteroatoms. The Morgan fingerprint density at radius 2 is 1.67 bits per heavy atom. The molecule has 3 N–H and O–H groups in total. The number of nitrogens with one attached hydrogen (secondary N) is 3. The van der Waals surface area contributed by atoms with Crippen molar-refractivity contribution in [2.75, 3.05) is 17.7 Å². The minimum atomic E-state index is 0.347. The van der Waals surface area contributed by atoms with Gasteiger partial charge in [-0.1, -0.05) is 6.07 Å². The van der Waals surface area contributed by atoms with Gasteiger partial charge in [0.1, 0.15) is 5.69 Å². The maximum Gasteiger partial charge on any atom is 0.157 e. The third-order valence-electron chi connectivity index (χ3n) is 10.6. The van der Waals surface area contributed by atoms with E-state index in [0.717, 1.165) is 80.2 Å². The lowest BCUT2D eigenvalue weighted by molar-refractivity contribution is 0.155. The van der Waals surface area contributed by atoms with Crippen LogP contribution in [0.3, 0.4) is 0 Å². The Hall–Kier alpha value is -4.82. The van der Waals surface area contributed by atoms with Crippen molar-refractivity contribution in [2.45, 2.75) is 57.0 Å². The Morgan fingerprint density at radius 3 is 2.53 bits per heavy atom. The molecule has 9 rings (SSSR count). The van der Waals surface area contributed by atoms with Gasteiger partial charge in [-0.25, -0.2) is 4.98 Å². The maximum atomic E-state index is 4.88. The Bertz CT molecular complexity index is 2100. The van der Waals surface area contributed by atoms with Gasteiger partial charge in [0.2, 0.25) is 0 Å². The number of H-pyrrole nitrogens is 1. The van der Waals surface area contributed by atoms with Gasteiger partial charge in [-0.2, -0.15) is 0 Å². The van der Waals surface area contributed by atoms with Crippen LogP contribution in [0, 0.1) is 19.8 Å². The smallest absolute Gasteiger partial charge is 0.157 e. The van der Waals surface area contributed by atoms with E-state index in [0.29, 0.717) is 5.41 Å². The maximum absolute atomic E-state index is 4.88. The molecule has 8 nitrogen and oxygen atoms in total. The number of nitrogens with zero attached hydrogens (tertiary/aromatic N) is 5. The van der Waals surface area contributed by atoms with Crippen LogP contribution in [0.15, 0.2) is 79.1 Å². The average molecular weight is 593 g/mol. The standard InChI is InChI=1S/C37H36N8/c1-21-14-25(12-13-38-21)41-24-5-9-31-34(17-24)44-36(43-31)32-10-6-26(20-39-32)42-33-15-22(2)40-30-8-4-23(16-28(30)33)37-18-27-7-11-35(45(27)3)29(37)19-37/h4-6,8-10,12-17,20,27,29,35H,7,11,18-19H2,1-3H3,(H,38,41)(H,40,42)(H,43,44)/t27-,29-,35+,37-/m0/s1. The van der Waals surface area contributed by atoms with Gasteiger partial charge in [0.15, 0.2) is 5.82 Å². The van der Waals surface area contributed by atoms with E-state index in [2.05, 4.69) is 75.9 Å². The van der Waals surface area contributed by atoms with E-state index in [-0.39, 0.29) is 0 Å². The Kier molecular flexibility index (Phi) is 5.81. The van der Waals surface area contributed by atoms with Gasteiger partial charge in [-0.3, -0.25) is 15.0 Å². The molecule has 3 aliphatic rings. The van der Waals surface area contributed by atoms with E-state index in [1.54, 1.807) is 0 Å². The van der Waals surface area contributed by atoms with E-state index in [1.807, 2.05) is 49.6 Å². The van der Waals surface area contributed by atoms with E-state index in [4.69, 9.17) is 15.0 Å². The zero-order chi connectivity index (χ0) is 30.3. The lowest BCUT2D eigenvalue weighted by Crippen LogP contribution is -2.42. The zero-order valence-corrected chi connectivity index (χ0v) is 25.8. The van der Waals surface area contributed by atoms with Gasteiger partial charge >= 0.3 is 0 Å². The number of aryl methyl sites for hydroxylation is 2. The summed E-state index contributed by atoms with van der Waals surface area (Å²) in [6.45, 7) is 4.05. The van der Waals surface area contributed by atoms with Crippen LogP contribution in [0.1, 0.15) is 42.6 Å². The molecule has 4 aromatic heterocycles. The predicted molar refractivity (Wildman–Crippen MR) is 180 cm³/mol. The number of piperidine rings is 1. The molecule has 2 aliphatic heterocycles. The van der Waals surface area contributed by atoms with Gasteiger partial charge in [-0.15, -0.1) is 0 Å². The number of hydrogen-bond acceptors (Lipinski definition) is 7. The summed E-state index contributed by atoms with van der Waals surface area (Å²) in [5.74, 6) is 1.53. The van der Waals surface area contributed by atoms with Gasteiger partial charge in [0.25, 0.3) is 0 Å². The van der Waals surface area contributed by atoms with Crippen molar-refractivity contribution in [3.05, 3.63) is 96.1 Å². The Labute approximate surface area is 262 Å². The zero-order valence-electron chi connectivity index (χ0n) is 25.8. The van der Waals surface area contributed by atoms with Crippen molar-refractivity contribution >= 4 is 44.7 Å². The van der Waals surface area contributed by atoms with Gasteiger partial charge in [0.05, 0.1) is 28.4 Å². The summed E-state index contributed by atoms with van der Waals surface area (Å²) < 4.78 is 0. The van der Waals surface area contributed by atoms with E-state index in [1.165, 1.54) is 36.6 Å². The molecule has 2 bridgehead atoms. The first kappa shape index (κ1) is 26.6. The van der Waals surface area contributed by atoms with Crippen molar-refractivity contribution in [2.24, 2.45) is 5.92 Å². The molecule has 0 unspecified atom stereocenters. The molecule has 1 aliphatic carbocycles. The van der Waals surface area contributed by atoms with Crippen LogP contribution in [0.5, 0.6) is 0 Å². The summed E-state index contributed by atoms with van der Waals surface area (Å²) in [4.78, 5) is 24.9. The van der Waals surface area contributed by atoms with Crippen molar-refractivity contribution in [3.8, 4) is 11.5 Å². The largest absolute Gasteiger partial charge is 0.355 e. The highest BCUT2D eigenvalue weighted by atomic mass is 15.2. The molecule has 2 saturated heterocycles. The molecule has 2 aromatic carbocycles. The van der Waals surface area contributed by atoms with Crippen molar-refractivity contribution in [3.63, 3.8) is 0 Å². The lowest BCUT2D eigenvalue weighted by Gasteiger charge is -2.36. The summed E-state index contributed by atoms with van der Waals surface area (Å²) >= 11 is 0. The van der Waals surface area contributed by atoms with Crippen LogP contribution in [-0.2, 0) is 5.41 Å². The molecule has 0 amide bonds. The molecular formula is C37H36N8. The number of aromatic amines is 1. The molecule has 0 spiro atoms. The number of benzene rings is 2. The highest BCUT2D eigenvalue weighted by Gasteiger charge is 2.65. The van der Waals surface area contributed by atoms with E-state index < -0.39 is 0 Å². The number of pyridine rings is 3. The number of anilines is 4. The SMILES string of the molecule is Cc1cc(Nc2ccc3nc(-c4ccc(Nc5cc(C)nc6ccc([C@@]78C[C@@H]9CC[C@H]([C@@H]7C8)N9C)cc56)cn4)[nH]c3c2)ccn1. The molecule has 3 fully saturated rings. The van der Waals surface area contributed by atoms with Crippen LogP contribution in [0.4, 0.5) is 22.7 Å². The topological polar surface area (TPSA) is 94.6 Å². The lowest BCUT2D eigenvalue weighted by atomic mass is 9.83. The first-order valence-electron chi connectivity index (χ1n) is 16.0. The van der Waals surface area contributed by atoms with Crippen molar-refractivity contribution < 1.29 is 0 Å². The third kappa shape index (κ3) is 4.46. The minimum absolute atomic E-state index is 0.347. The van der Waals surface area contributed by atoms with Crippen molar-refractivity contribution in [1.82, 2.24) is 29.8 Å². The number of rotatable bonds is 6. The molecule has 45 heavy (non-hydrogen) atoms. The van der Waals surface area contributed by atoms with Crippen molar-refractivity contribution in [1.29, 1.82) is 0 Å². The number of aromatic nitrogens is 5.